The molecule has 1 unspecified atom stereocenters. The normalized spacial score (nSPS) is 12.0. The Labute approximate surface area is 214 Å². The minimum absolute atomic E-state index is 0.00985. The van der Waals surface area contributed by atoms with Crippen molar-refractivity contribution in [1.29, 1.82) is 0 Å². The summed E-state index contributed by atoms with van der Waals surface area (Å²) in [6.07, 6.45) is 0.422. The summed E-state index contributed by atoms with van der Waals surface area (Å²) in [5.74, 6) is -0.336. The average molecular weight is 534 g/mol. The first-order valence-corrected chi connectivity index (χ1v) is 11.4. The molecule has 35 heavy (non-hydrogen) atoms. The summed E-state index contributed by atoms with van der Waals surface area (Å²) < 4.78 is 1.33. The summed E-state index contributed by atoms with van der Waals surface area (Å²) in [7, 11) is 0. The van der Waals surface area contributed by atoms with E-state index in [-0.39, 0.29) is 54.9 Å². The molecule has 0 saturated carbocycles. The first-order chi connectivity index (χ1) is 16.6. The maximum atomic E-state index is 13.8. The van der Waals surface area contributed by atoms with Gasteiger partial charge in [-0.3, -0.25) is 14.2 Å². The van der Waals surface area contributed by atoms with Crippen LogP contribution >= 0.6 is 34.8 Å². The topological polar surface area (TPSA) is 168 Å². The molecule has 0 bridgehead atoms. The van der Waals surface area contributed by atoms with Gasteiger partial charge in [-0.1, -0.05) is 47.8 Å². The molecule has 7 N–H and O–H groups in total. The average Bonchev–Trinajstić information content (AvgIpc) is 2.82. The number of nitrogens with two attached hydrogens (primary N) is 3. The Morgan fingerprint density at radius 3 is 2.49 bits per heavy atom. The Morgan fingerprint density at radius 1 is 1.09 bits per heavy atom. The number of anilines is 3. The first-order valence-electron chi connectivity index (χ1n) is 10.3. The summed E-state index contributed by atoms with van der Waals surface area (Å²) in [5.41, 5.74) is 17.3. The molecule has 0 aliphatic heterocycles. The lowest BCUT2D eigenvalue weighted by Gasteiger charge is -2.23. The molecule has 0 spiro atoms. The number of hydrogen-bond donors (Lipinski definition) is 4. The number of hydrogen-bond acceptors (Lipinski definition) is 8. The minimum atomic E-state index is -0.653. The summed E-state index contributed by atoms with van der Waals surface area (Å²) in [5, 5.41) is 3.73. The number of benzene rings is 2. The van der Waals surface area contributed by atoms with Crippen molar-refractivity contribution in [2.24, 2.45) is 5.73 Å². The molecule has 180 valence electrons. The molecule has 0 aliphatic rings. The zero-order chi connectivity index (χ0) is 25.4. The monoisotopic (exact) mass is 532 g/mol. The van der Waals surface area contributed by atoms with Gasteiger partial charge in [0.2, 0.25) is 11.9 Å². The molecule has 2 aromatic heterocycles. The van der Waals surface area contributed by atoms with E-state index in [1.165, 1.54) is 22.8 Å². The second-order valence-electron chi connectivity index (χ2n) is 7.51. The molecule has 13 heteroatoms. The third kappa shape index (κ3) is 4.55. The number of halogens is 3. The SMILES string of the molecule is CCC(Nc1nc(N)nc(N)c1Cl)c1nc2c(Cl)ccc(Cl)c2c(=O)n1-c1cccc(C(N)=O)c1. The number of primary amides is 1. The van der Waals surface area contributed by atoms with E-state index in [4.69, 9.17) is 57.0 Å². The van der Waals surface area contributed by atoms with E-state index in [1.54, 1.807) is 18.2 Å². The standard InChI is InChI=1S/C22H19Cl3N8O2/c1-2-13(29-19-15(25)17(26)31-22(28)32-19)20-30-16-12(24)7-6-11(23)14(16)21(35)33(20)10-5-3-4-9(8-10)18(27)34/h3-8,13H,2H2,1H3,(H2,27,34)(H5,26,28,29,31,32). The van der Waals surface area contributed by atoms with Crippen LogP contribution in [-0.4, -0.2) is 25.4 Å². The molecule has 1 atom stereocenters. The van der Waals surface area contributed by atoms with Crippen molar-refractivity contribution in [3.8, 4) is 5.69 Å². The Bertz CT molecular complexity index is 1540. The van der Waals surface area contributed by atoms with Crippen LogP contribution in [0.1, 0.15) is 35.6 Å². The van der Waals surface area contributed by atoms with Gasteiger partial charge in [0.05, 0.1) is 32.7 Å². The van der Waals surface area contributed by atoms with Crippen LogP contribution in [0.2, 0.25) is 15.1 Å². The number of amides is 1. The van der Waals surface area contributed by atoms with Crippen LogP contribution in [0.3, 0.4) is 0 Å². The van der Waals surface area contributed by atoms with E-state index in [0.29, 0.717) is 12.1 Å². The molecule has 2 heterocycles. The van der Waals surface area contributed by atoms with E-state index >= 15 is 0 Å². The summed E-state index contributed by atoms with van der Waals surface area (Å²) >= 11 is 19.0. The van der Waals surface area contributed by atoms with Crippen LogP contribution in [0.4, 0.5) is 17.6 Å². The van der Waals surface area contributed by atoms with Crippen molar-refractivity contribution in [1.82, 2.24) is 19.5 Å². The van der Waals surface area contributed by atoms with Crippen molar-refractivity contribution >= 4 is 69.2 Å². The van der Waals surface area contributed by atoms with Gasteiger partial charge in [-0.2, -0.15) is 9.97 Å². The largest absolute Gasteiger partial charge is 0.382 e. The Balaban J connectivity index is 2.03. The number of rotatable bonds is 6. The lowest BCUT2D eigenvalue weighted by atomic mass is 10.1. The van der Waals surface area contributed by atoms with Crippen LogP contribution in [0.15, 0.2) is 41.2 Å². The molecule has 0 radical (unpaired) electrons. The number of nitrogens with zero attached hydrogens (tertiary/aromatic N) is 4. The third-order valence-electron chi connectivity index (χ3n) is 5.26. The smallest absolute Gasteiger partial charge is 0.267 e. The summed E-state index contributed by atoms with van der Waals surface area (Å²) in [6, 6.07) is 8.70. The molecular weight excluding hydrogens is 515 g/mol. The van der Waals surface area contributed by atoms with Crippen LogP contribution < -0.4 is 28.1 Å². The fourth-order valence-corrected chi connectivity index (χ4v) is 4.18. The summed E-state index contributed by atoms with van der Waals surface area (Å²) in [6.45, 7) is 1.86. The lowest BCUT2D eigenvalue weighted by molar-refractivity contribution is 0.1000. The number of nitrogen functional groups attached to an aromatic ring is 2. The second kappa shape index (κ2) is 9.57. The van der Waals surface area contributed by atoms with Crippen molar-refractivity contribution in [2.45, 2.75) is 19.4 Å². The fraction of sp³-hybridized carbons (Fsp3) is 0.136. The maximum absolute atomic E-state index is 13.8. The van der Waals surface area contributed by atoms with Crippen LogP contribution in [-0.2, 0) is 0 Å². The van der Waals surface area contributed by atoms with Gasteiger partial charge in [0.15, 0.2) is 5.82 Å². The van der Waals surface area contributed by atoms with Gasteiger partial charge in [-0.15, -0.1) is 0 Å². The van der Waals surface area contributed by atoms with Gasteiger partial charge in [0.1, 0.15) is 16.7 Å². The number of aromatic nitrogens is 4. The van der Waals surface area contributed by atoms with E-state index in [9.17, 15) is 9.59 Å². The Hall–Kier alpha value is -3.60. The quantitative estimate of drug-likeness (QED) is 0.289. The van der Waals surface area contributed by atoms with Crippen LogP contribution in [0.25, 0.3) is 16.6 Å². The maximum Gasteiger partial charge on any atom is 0.267 e. The van der Waals surface area contributed by atoms with Gasteiger partial charge in [-0.05, 0) is 36.8 Å². The lowest BCUT2D eigenvalue weighted by Crippen LogP contribution is -2.29. The molecule has 4 aromatic rings. The molecule has 0 aliphatic carbocycles. The Morgan fingerprint density at radius 2 is 1.80 bits per heavy atom. The highest BCUT2D eigenvalue weighted by Gasteiger charge is 2.24. The molecule has 1 amide bonds. The summed E-state index contributed by atoms with van der Waals surface area (Å²) in [4.78, 5) is 38.3. The van der Waals surface area contributed by atoms with Gasteiger partial charge >= 0.3 is 0 Å². The highest BCUT2D eigenvalue weighted by Crippen LogP contribution is 2.32. The van der Waals surface area contributed by atoms with Gasteiger partial charge < -0.3 is 22.5 Å². The van der Waals surface area contributed by atoms with E-state index < -0.39 is 17.5 Å². The molecule has 0 saturated heterocycles. The third-order valence-corrected chi connectivity index (χ3v) is 6.26. The van der Waals surface area contributed by atoms with E-state index in [0.717, 1.165) is 0 Å². The van der Waals surface area contributed by atoms with Crippen molar-refractivity contribution < 1.29 is 4.79 Å². The highest BCUT2D eigenvalue weighted by atomic mass is 35.5. The van der Waals surface area contributed by atoms with Gasteiger partial charge in [-0.25, -0.2) is 4.98 Å². The predicted octanol–water partition coefficient (Wildman–Crippen LogP) is 3.96. The minimum Gasteiger partial charge on any atom is -0.382 e. The predicted molar refractivity (Wildman–Crippen MR) is 138 cm³/mol. The van der Waals surface area contributed by atoms with E-state index in [2.05, 4.69) is 15.3 Å². The van der Waals surface area contributed by atoms with Crippen molar-refractivity contribution in [2.75, 3.05) is 16.8 Å². The number of carbonyl (C=O) groups is 1. The van der Waals surface area contributed by atoms with Gasteiger partial charge in [0.25, 0.3) is 5.56 Å². The molecule has 0 fully saturated rings. The molecule has 2 aromatic carbocycles. The number of fused-ring (bicyclic) bond motifs is 1. The van der Waals surface area contributed by atoms with E-state index in [1.807, 2.05) is 6.92 Å². The van der Waals surface area contributed by atoms with Crippen molar-refractivity contribution in [3.63, 3.8) is 0 Å². The first kappa shape index (κ1) is 24.5. The van der Waals surface area contributed by atoms with Crippen LogP contribution in [0.5, 0.6) is 0 Å². The second-order valence-corrected chi connectivity index (χ2v) is 8.71. The fourth-order valence-electron chi connectivity index (χ4n) is 3.61. The van der Waals surface area contributed by atoms with Crippen molar-refractivity contribution in [3.05, 3.63) is 73.2 Å². The molecular formula is C22H19Cl3N8O2. The number of carbonyl (C=O) groups excluding carboxylic acids is 1. The molecule has 4 rings (SSSR count). The Kier molecular flexibility index (Phi) is 6.70. The molecule has 10 nitrogen and oxygen atoms in total. The highest BCUT2D eigenvalue weighted by molar-refractivity contribution is 6.39. The van der Waals surface area contributed by atoms with Gasteiger partial charge in [0, 0.05) is 5.56 Å². The number of nitrogens with one attached hydrogen (secondary N) is 1. The zero-order valence-electron chi connectivity index (χ0n) is 18.2. The van der Waals surface area contributed by atoms with Crippen LogP contribution in [0, 0.1) is 0 Å². The zero-order valence-corrected chi connectivity index (χ0v) is 20.5.